The maximum Gasteiger partial charge on any atom is 0.153 e. The third-order valence-electron chi connectivity index (χ3n) is 2.30. The molecular weight excluding hydrogens is 206 g/mol. The van der Waals surface area contributed by atoms with Crippen molar-refractivity contribution < 1.29 is 13.6 Å². The van der Waals surface area contributed by atoms with Gasteiger partial charge in [0.25, 0.3) is 0 Å². The number of hydrogen-bond acceptors (Lipinski definition) is 5. The lowest BCUT2D eigenvalue weighted by Gasteiger charge is -2.32. The lowest BCUT2D eigenvalue weighted by atomic mass is 10.3. The second kappa shape index (κ2) is 4.14. The Kier molecular flexibility index (Phi) is 3.33. The molecule has 0 aromatic carbocycles. The number of rotatable bonds is 2. The summed E-state index contributed by atoms with van der Waals surface area (Å²) >= 11 is 0. The predicted octanol–water partition coefficient (Wildman–Crippen LogP) is -1.15. The Morgan fingerprint density at radius 2 is 2.36 bits per heavy atom. The highest BCUT2D eigenvalue weighted by molar-refractivity contribution is 7.91. The quantitative estimate of drug-likeness (QED) is 0.266. The molecule has 6 nitrogen and oxygen atoms in total. The first-order valence-corrected chi connectivity index (χ1v) is 6.17. The van der Waals surface area contributed by atoms with Crippen LogP contribution >= 0.6 is 0 Å². The summed E-state index contributed by atoms with van der Waals surface area (Å²) in [6.45, 7) is 2.58. The summed E-state index contributed by atoms with van der Waals surface area (Å²) in [4.78, 5) is 1.89. The molecule has 7 heteroatoms. The third-order valence-corrected chi connectivity index (χ3v) is 4.10. The fourth-order valence-electron chi connectivity index (χ4n) is 1.51. The number of sulfone groups is 1. The molecule has 82 valence electrons. The first-order chi connectivity index (χ1) is 6.44. The van der Waals surface area contributed by atoms with Crippen LogP contribution in [0.3, 0.4) is 0 Å². The molecule has 0 bridgehead atoms. The highest BCUT2D eigenvalue weighted by Crippen LogP contribution is 2.10. The number of nitrogens with zero attached hydrogens (tertiary/aromatic N) is 2. The minimum absolute atomic E-state index is 0.0750. The zero-order valence-corrected chi connectivity index (χ0v) is 8.87. The smallest absolute Gasteiger partial charge is 0.153 e. The maximum absolute atomic E-state index is 11.2. The van der Waals surface area contributed by atoms with Crippen LogP contribution in [0.2, 0.25) is 0 Å². The highest BCUT2D eigenvalue weighted by Gasteiger charge is 2.28. The average Bonchev–Trinajstić information content (AvgIpc) is 2.09. The minimum atomic E-state index is -2.89. The molecule has 1 rings (SSSR count). The van der Waals surface area contributed by atoms with Crippen LogP contribution in [0.4, 0.5) is 0 Å². The third kappa shape index (κ3) is 2.85. The average molecular weight is 221 g/mol. The van der Waals surface area contributed by atoms with E-state index >= 15 is 0 Å². The molecule has 1 fully saturated rings. The van der Waals surface area contributed by atoms with Gasteiger partial charge in [-0.3, -0.25) is 4.90 Å². The second-order valence-electron chi connectivity index (χ2n) is 3.53. The van der Waals surface area contributed by atoms with Crippen LogP contribution in [0.15, 0.2) is 5.16 Å². The van der Waals surface area contributed by atoms with Gasteiger partial charge in [-0.2, -0.15) is 0 Å². The van der Waals surface area contributed by atoms with Crippen molar-refractivity contribution in [2.24, 2.45) is 10.9 Å². The molecule has 3 N–H and O–H groups in total. The van der Waals surface area contributed by atoms with Crippen molar-refractivity contribution in [2.45, 2.75) is 13.0 Å². The summed E-state index contributed by atoms with van der Waals surface area (Å²) in [6, 6.07) is -0.0750. The van der Waals surface area contributed by atoms with Crippen molar-refractivity contribution in [1.82, 2.24) is 4.90 Å². The summed E-state index contributed by atoms with van der Waals surface area (Å²) in [7, 11) is -2.89. The van der Waals surface area contributed by atoms with E-state index in [2.05, 4.69) is 5.16 Å². The van der Waals surface area contributed by atoms with Gasteiger partial charge < -0.3 is 10.9 Å². The van der Waals surface area contributed by atoms with Crippen molar-refractivity contribution in [3.8, 4) is 0 Å². The summed E-state index contributed by atoms with van der Waals surface area (Å²) in [5, 5.41) is 11.2. The minimum Gasteiger partial charge on any atom is -0.409 e. The first-order valence-electron chi connectivity index (χ1n) is 4.35. The van der Waals surface area contributed by atoms with Crippen molar-refractivity contribution in [1.29, 1.82) is 0 Å². The van der Waals surface area contributed by atoms with Crippen molar-refractivity contribution >= 4 is 15.7 Å². The van der Waals surface area contributed by atoms with E-state index < -0.39 is 9.84 Å². The van der Waals surface area contributed by atoms with Gasteiger partial charge in [0, 0.05) is 12.6 Å². The molecule has 1 aliphatic rings. The van der Waals surface area contributed by atoms with Gasteiger partial charge in [0.2, 0.25) is 0 Å². The lowest BCUT2D eigenvalue weighted by molar-refractivity contribution is 0.251. The Labute approximate surface area is 83.3 Å². The van der Waals surface area contributed by atoms with Crippen LogP contribution < -0.4 is 5.73 Å². The Morgan fingerprint density at radius 3 is 2.86 bits per heavy atom. The standard InChI is InChI=1S/C7H15N3O3S/c1-6-5-14(12,13)3-2-10(6)4-7(8)9-11/h6,11H,2-5H2,1H3,(H2,8,9). The largest absolute Gasteiger partial charge is 0.409 e. The number of oxime groups is 1. The van der Waals surface area contributed by atoms with E-state index in [1.165, 1.54) is 0 Å². The van der Waals surface area contributed by atoms with E-state index in [9.17, 15) is 8.42 Å². The van der Waals surface area contributed by atoms with Crippen LogP contribution in [0.5, 0.6) is 0 Å². The normalized spacial score (nSPS) is 28.9. The summed E-state index contributed by atoms with van der Waals surface area (Å²) in [5.74, 6) is 0.401. The van der Waals surface area contributed by atoms with Crippen molar-refractivity contribution in [3.63, 3.8) is 0 Å². The van der Waals surface area contributed by atoms with E-state index in [-0.39, 0.29) is 23.4 Å². The summed E-state index contributed by atoms with van der Waals surface area (Å²) in [6.07, 6.45) is 0. The molecule has 0 radical (unpaired) electrons. The summed E-state index contributed by atoms with van der Waals surface area (Å²) in [5.41, 5.74) is 5.34. The van der Waals surface area contributed by atoms with Gasteiger partial charge in [0.05, 0.1) is 18.1 Å². The fourth-order valence-corrected chi connectivity index (χ4v) is 3.13. The second-order valence-corrected chi connectivity index (χ2v) is 5.75. The van der Waals surface area contributed by atoms with Crippen LogP contribution in [-0.2, 0) is 9.84 Å². The molecule has 1 aliphatic heterocycles. The monoisotopic (exact) mass is 221 g/mol. The van der Waals surface area contributed by atoms with Crippen molar-refractivity contribution in [2.75, 3.05) is 24.6 Å². The molecule has 1 heterocycles. The maximum atomic E-state index is 11.2. The topological polar surface area (TPSA) is 96.0 Å². The SMILES string of the molecule is CC1CS(=O)(=O)CCN1C/C(N)=N/O. The molecule has 1 unspecified atom stereocenters. The van der Waals surface area contributed by atoms with E-state index in [0.717, 1.165) is 0 Å². The Bertz CT molecular complexity index is 325. The molecule has 0 saturated carbocycles. The number of nitrogens with two attached hydrogens (primary N) is 1. The van der Waals surface area contributed by atoms with E-state index in [4.69, 9.17) is 10.9 Å². The fraction of sp³-hybridized carbons (Fsp3) is 0.857. The molecule has 0 aromatic heterocycles. The van der Waals surface area contributed by atoms with Crippen LogP contribution in [0.1, 0.15) is 6.92 Å². The van der Waals surface area contributed by atoms with Gasteiger partial charge in [-0.05, 0) is 6.92 Å². The van der Waals surface area contributed by atoms with Crippen LogP contribution in [-0.4, -0.2) is 55.0 Å². The van der Waals surface area contributed by atoms with E-state index in [1.807, 2.05) is 11.8 Å². The van der Waals surface area contributed by atoms with Crippen molar-refractivity contribution in [3.05, 3.63) is 0 Å². The first kappa shape index (κ1) is 11.3. The molecule has 0 aromatic rings. The molecule has 0 spiro atoms. The van der Waals surface area contributed by atoms with E-state index in [1.54, 1.807) is 0 Å². The Hall–Kier alpha value is -0.820. The Morgan fingerprint density at radius 1 is 1.71 bits per heavy atom. The van der Waals surface area contributed by atoms with Crippen LogP contribution in [0, 0.1) is 0 Å². The van der Waals surface area contributed by atoms with Gasteiger partial charge in [-0.25, -0.2) is 8.42 Å². The van der Waals surface area contributed by atoms with Gasteiger partial charge >= 0.3 is 0 Å². The summed E-state index contributed by atoms with van der Waals surface area (Å²) < 4.78 is 22.4. The highest BCUT2D eigenvalue weighted by atomic mass is 32.2. The van der Waals surface area contributed by atoms with Gasteiger partial charge in [-0.15, -0.1) is 0 Å². The molecule has 14 heavy (non-hydrogen) atoms. The number of amidine groups is 1. The van der Waals surface area contributed by atoms with Gasteiger partial charge in [0.15, 0.2) is 15.7 Å². The van der Waals surface area contributed by atoms with Crippen LogP contribution in [0.25, 0.3) is 0 Å². The molecule has 1 atom stereocenters. The molecular formula is C7H15N3O3S. The number of hydrogen-bond donors (Lipinski definition) is 2. The van der Waals surface area contributed by atoms with E-state index in [0.29, 0.717) is 13.1 Å². The van der Waals surface area contributed by atoms with Gasteiger partial charge in [0.1, 0.15) is 0 Å². The lowest BCUT2D eigenvalue weighted by Crippen LogP contribution is -2.49. The molecule has 1 saturated heterocycles. The Balaban J connectivity index is 2.59. The molecule has 0 aliphatic carbocycles. The zero-order valence-electron chi connectivity index (χ0n) is 8.05. The molecule has 0 amide bonds. The zero-order chi connectivity index (χ0) is 10.8. The predicted molar refractivity (Wildman–Crippen MR) is 53.1 cm³/mol. The van der Waals surface area contributed by atoms with Gasteiger partial charge in [-0.1, -0.05) is 5.16 Å².